The van der Waals surface area contributed by atoms with Crippen molar-refractivity contribution in [3.05, 3.63) is 30.5 Å². The summed E-state index contributed by atoms with van der Waals surface area (Å²) in [5.41, 5.74) is 6.12. The zero-order valence-corrected chi connectivity index (χ0v) is 10.00. The van der Waals surface area contributed by atoms with Gasteiger partial charge in [-0.05, 0) is 18.2 Å². The second-order valence-corrected chi connectivity index (χ2v) is 4.05. The smallest absolute Gasteiger partial charge is 0.246 e. The molecule has 2 heterocycles. The van der Waals surface area contributed by atoms with Gasteiger partial charge in [-0.25, -0.2) is 0 Å². The minimum Gasteiger partial charge on any atom is -0.454 e. The van der Waals surface area contributed by atoms with E-state index < -0.39 is 0 Å². The molecular weight excluding hydrogens is 248 g/mol. The highest BCUT2D eigenvalue weighted by atomic mass is 16.7. The molecule has 0 radical (unpaired) electrons. The largest absolute Gasteiger partial charge is 0.454 e. The Bertz CT molecular complexity index is 623. The number of fused-ring (bicyclic) bond motifs is 1. The number of nitrogens with two attached hydrogens (primary N) is 1. The zero-order valence-electron chi connectivity index (χ0n) is 10.00. The molecule has 0 saturated carbocycles. The number of hydrogen-bond acceptors (Lipinski definition) is 5. The van der Waals surface area contributed by atoms with Crippen LogP contribution >= 0.6 is 0 Å². The van der Waals surface area contributed by atoms with E-state index in [0.717, 1.165) is 0 Å². The predicted octanol–water partition coefficient (Wildman–Crippen LogP) is 0.833. The minimum atomic E-state index is -0.193. The molecule has 3 rings (SSSR count). The first-order chi connectivity index (χ1) is 9.20. The molecule has 0 bridgehead atoms. The van der Waals surface area contributed by atoms with Crippen molar-refractivity contribution < 1.29 is 14.3 Å². The van der Waals surface area contributed by atoms with Crippen LogP contribution < -0.4 is 20.5 Å². The maximum Gasteiger partial charge on any atom is 0.246 e. The summed E-state index contributed by atoms with van der Waals surface area (Å²) >= 11 is 0. The van der Waals surface area contributed by atoms with Crippen LogP contribution in [0.4, 0.5) is 11.5 Å². The van der Waals surface area contributed by atoms with Gasteiger partial charge in [0.15, 0.2) is 11.5 Å². The Morgan fingerprint density at radius 1 is 1.37 bits per heavy atom. The molecule has 98 valence electrons. The first kappa shape index (κ1) is 11.4. The van der Waals surface area contributed by atoms with E-state index in [1.54, 1.807) is 30.5 Å². The van der Waals surface area contributed by atoms with Crippen LogP contribution in [0.15, 0.2) is 30.5 Å². The van der Waals surface area contributed by atoms with E-state index in [-0.39, 0.29) is 19.2 Å². The zero-order chi connectivity index (χ0) is 13.2. The molecule has 3 N–H and O–H groups in total. The van der Waals surface area contributed by atoms with E-state index in [1.165, 1.54) is 4.68 Å². The van der Waals surface area contributed by atoms with Gasteiger partial charge < -0.3 is 20.5 Å². The molecule has 2 aromatic rings. The topological polar surface area (TPSA) is 91.4 Å². The molecule has 1 aliphatic rings. The molecule has 0 spiro atoms. The Hall–Kier alpha value is -2.70. The number of rotatable bonds is 3. The highest BCUT2D eigenvalue weighted by molar-refractivity contribution is 5.90. The van der Waals surface area contributed by atoms with Crippen molar-refractivity contribution in [2.75, 3.05) is 17.8 Å². The number of benzene rings is 1. The van der Waals surface area contributed by atoms with Gasteiger partial charge in [0.1, 0.15) is 12.4 Å². The molecule has 0 unspecified atom stereocenters. The fraction of sp³-hybridized carbons (Fsp3) is 0.167. The van der Waals surface area contributed by atoms with Crippen molar-refractivity contribution in [2.45, 2.75) is 6.54 Å². The second-order valence-electron chi connectivity index (χ2n) is 4.05. The molecule has 1 aliphatic heterocycles. The highest BCUT2D eigenvalue weighted by Crippen LogP contribution is 2.34. The molecule has 0 atom stereocenters. The molecule has 0 aliphatic carbocycles. The van der Waals surface area contributed by atoms with E-state index >= 15 is 0 Å². The van der Waals surface area contributed by atoms with E-state index in [0.29, 0.717) is 23.0 Å². The normalized spacial score (nSPS) is 12.4. The number of aromatic nitrogens is 2. The third kappa shape index (κ3) is 2.44. The van der Waals surface area contributed by atoms with Gasteiger partial charge in [-0.2, -0.15) is 5.10 Å². The standard InChI is InChI=1S/C12H12N4O3/c13-11-3-4-16(15-11)6-12(17)14-8-1-2-9-10(5-8)19-7-18-9/h1-5H,6-7H2,(H2,13,15)(H,14,17). The lowest BCUT2D eigenvalue weighted by atomic mass is 10.3. The number of nitrogen functional groups attached to an aromatic ring is 1. The molecule has 7 heteroatoms. The van der Waals surface area contributed by atoms with Gasteiger partial charge in [-0.3, -0.25) is 9.48 Å². The van der Waals surface area contributed by atoms with Gasteiger partial charge in [0.05, 0.1) is 0 Å². The molecule has 1 aromatic carbocycles. The Balaban J connectivity index is 1.66. The van der Waals surface area contributed by atoms with E-state index in [1.807, 2.05) is 0 Å². The monoisotopic (exact) mass is 260 g/mol. The average molecular weight is 260 g/mol. The summed E-state index contributed by atoms with van der Waals surface area (Å²) in [7, 11) is 0. The number of nitrogens with zero attached hydrogens (tertiary/aromatic N) is 2. The molecule has 0 fully saturated rings. The number of carbonyl (C=O) groups excluding carboxylic acids is 1. The summed E-state index contributed by atoms with van der Waals surface area (Å²) in [5.74, 6) is 1.50. The van der Waals surface area contributed by atoms with Crippen LogP contribution in [0.2, 0.25) is 0 Å². The van der Waals surface area contributed by atoms with Crippen LogP contribution in [0.5, 0.6) is 11.5 Å². The first-order valence-electron chi connectivity index (χ1n) is 5.69. The summed E-state index contributed by atoms with van der Waals surface area (Å²) in [6, 6.07) is 6.86. The van der Waals surface area contributed by atoms with E-state index in [4.69, 9.17) is 15.2 Å². The van der Waals surface area contributed by atoms with Crippen molar-refractivity contribution in [1.29, 1.82) is 0 Å². The lowest BCUT2D eigenvalue weighted by Gasteiger charge is -2.06. The number of amides is 1. The maximum absolute atomic E-state index is 11.8. The number of ether oxygens (including phenoxy) is 2. The van der Waals surface area contributed by atoms with E-state index in [9.17, 15) is 4.79 Å². The van der Waals surface area contributed by atoms with Crippen LogP contribution in [0.1, 0.15) is 0 Å². The molecule has 1 aromatic heterocycles. The SMILES string of the molecule is Nc1ccn(CC(=O)Nc2ccc3c(c2)OCO3)n1. The molecule has 0 saturated heterocycles. The molecular formula is C12H12N4O3. The Morgan fingerprint density at radius 3 is 3.00 bits per heavy atom. The molecule has 7 nitrogen and oxygen atoms in total. The van der Waals surface area contributed by atoms with Crippen molar-refractivity contribution in [3.8, 4) is 11.5 Å². The fourth-order valence-electron chi connectivity index (χ4n) is 1.79. The van der Waals surface area contributed by atoms with Crippen LogP contribution in [-0.2, 0) is 11.3 Å². The van der Waals surface area contributed by atoms with Gasteiger partial charge in [0.2, 0.25) is 12.7 Å². The average Bonchev–Trinajstić information content (AvgIpc) is 2.97. The van der Waals surface area contributed by atoms with Crippen LogP contribution in [0.25, 0.3) is 0 Å². The lowest BCUT2D eigenvalue weighted by molar-refractivity contribution is -0.116. The Morgan fingerprint density at radius 2 is 2.21 bits per heavy atom. The van der Waals surface area contributed by atoms with Gasteiger partial charge >= 0.3 is 0 Å². The summed E-state index contributed by atoms with van der Waals surface area (Å²) in [6.07, 6.45) is 1.65. The third-order valence-electron chi connectivity index (χ3n) is 2.62. The Labute approximate surface area is 108 Å². The first-order valence-corrected chi connectivity index (χ1v) is 5.69. The summed E-state index contributed by atoms with van der Waals surface area (Å²) in [4.78, 5) is 11.8. The number of nitrogens with one attached hydrogen (secondary N) is 1. The maximum atomic E-state index is 11.8. The number of anilines is 2. The third-order valence-corrected chi connectivity index (χ3v) is 2.62. The molecule has 1 amide bonds. The van der Waals surface area contributed by atoms with Crippen molar-refractivity contribution >= 4 is 17.4 Å². The van der Waals surface area contributed by atoms with Gasteiger partial charge in [-0.1, -0.05) is 0 Å². The quantitative estimate of drug-likeness (QED) is 0.853. The van der Waals surface area contributed by atoms with Gasteiger partial charge in [-0.15, -0.1) is 0 Å². The summed E-state index contributed by atoms with van der Waals surface area (Å²) in [5, 5.41) is 6.69. The summed E-state index contributed by atoms with van der Waals surface area (Å²) < 4.78 is 11.9. The predicted molar refractivity (Wildman–Crippen MR) is 67.8 cm³/mol. The molecule has 19 heavy (non-hydrogen) atoms. The van der Waals surface area contributed by atoms with Gasteiger partial charge in [0.25, 0.3) is 0 Å². The lowest BCUT2D eigenvalue weighted by Crippen LogP contribution is -2.19. The highest BCUT2D eigenvalue weighted by Gasteiger charge is 2.14. The number of carbonyl (C=O) groups is 1. The Kier molecular flexibility index (Phi) is 2.71. The summed E-state index contributed by atoms with van der Waals surface area (Å²) in [6.45, 7) is 0.310. The second kappa shape index (κ2) is 4.52. The van der Waals surface area contributed by atoms with Gasteiger partial charge in [0, 0.05) is 18.0 Å². The van der Waals surface area contributed by atoms with Crippen LogP contribution in [-0.4, -0.2) is 22.5 Å². The van der Waals surface area contributed by atoms with Crippen LogP contribution in [0, 0.1) is 0 Å². The van der Waals surface area contributed by atoms with Crippen LogP contribution in [0.3, 0.4) is 0 Å². The van der Waals surface area contributed by atoms with Crippen molar-refractivity contribution in [1.82, 2.24) is 9.78 Å². The number of hydrogen-bond donors (Lipinski definition) is 2. The van der Waals surface area contributed by atoms with Crippen molar-refractivity contribution in [2.24, 2.45) is 0 Å². The van der Waals surface area contributed by atoms with Crippen molar-refractivity contribution in [3.63, 3.8) is 0 Å². The fourth-order valence-corrected chi connectivity index (χ4v) is 1.79. The minimum absolute atomic E-state index is 0.103. The van der Waals surface area contributed by atoms with E-state index in [2.05, 4.69) is 10.4 Å².